The van der Waals surface area contributed by atoms with E-state index in [1.165, 1.54) is 10.4 Å². The molecule has 0 amide bonds. The molecule has 8 heteroatoms. The number of hydrogen-bond acceptors (Lipinski definition) is 3. The van der Waals surface area contributed by atoms with Crippen molar-refractivity contribution in [2.24, 2.45) is 0 Å². The second-order valence-corrected chi connectivity index (χ2v) is 6.99. The van der Waals surface area contributed by atoms with Gasteiger partial charge in [0.2, 0.25) is 10.0 Å². The number of morpholine rings is 1. The van der Waals surface area contributed by atoms with Crippen LogP contribution in [0.5, 0.6) is 0 Å². The summed E-state index contributed by atoms with van der Waals surface area (Å²) in [6.07, 6.45) is 0. The minimum Gasteiger partial charge on any atom is -0.378 e. The van der Waals surface area contributed by atoms with Crippen molar-refractivity contribution >= 4 is 37.6 Å². The molecule has 1 aromatic carbocycles. The lowest BCUT2D eigenvalue weighted by atomic mass is 10.3. The van der Waals surface area contributed by atoms with Gasteiger partial charge in [-0.2, -0.15) is 4.31 Å². The highest BCUT2D eigenvalue weighted by Crippen LogP contribution is 2.28. The summed E-state index contributed by atoms with van der Waals surface area (Å²) >= 11 is 9.13. The van der Waals surface area contributed by atoms with E-state index >= 15 is 0 Å². The lowest BCUT2D eigenvalue weighted by molar-refractivity contribution is 0.0413. The fraction of sp³-hybridized carbons (Fsp3) is 0.455. The molecule has 2 rings (SSSR count). The molecule has 0 aliphatic carbocycles. The third-order valence-electron chi connectivity index (χ3n) is 2.83. The van der Waals surface area contributed by atoms with Gasteiger partial charge in [0.05, 0.1) is 24.3 Å². The van der Waals surface area contributed by atoms with E-state index in [0.29, 0.717) is 18.5 Å². The maximum Gasteiger partial charge on any atom is 0.245 e. The van der Waals surface area contributed by atoms with Gasteiger partial charge in [-0.25, -0.2) is 12.8 Å². The Morgan fingerprint density at radius 3 is 2.95 bits per heavy atom. The fourth-order valence-electron chi connectivity index (χ4n) is 1.88. The average molecular weight is 373 g/mol. The standard InChI is InChI=1S/C11H12BrClFNO3S/c12-6-9-7-18-4-3-15(9)19(16,17)11-5-8(14)1-2-10(11)13/h1-2,5,9H,3-4,6-7H2. The predicted octanol–water partition coefficient (Wildman–Crippen LogP) is 2.26. The molecule has 106 valence electrons. The summed E-state index contributed by atoms with van der Waals surface area (Å²) in [7, 11) is -3.83. The average Bonchev–Trinajstić information content (AvgIpc) is 2.41. The van der Waals surface area contributed by atoms with Crippen LogP contribution in [0.4, 0.5) is 4.39 Å². The number of benzene rings is 1. The summed E-state index contributed by atoms with van der Waals surface area (Å²) in [6, 6.07) is 2.99. The van der Waals surface area contributed by atoms with Gasteiger partial charge in [0.15, 0.2) is 0 Å². The van der Waals surface area contributed by atoms with Crippen molar-refractivity contribution in [1.82, 2.24) is 4.31 Å². The molecule has 0 spiro atoms. The number of ether oxygens (including phenoxy) is 1. The Bertz CT molecular complexity index is 569. The number of sulfonamides is 1. The first-order chi connectivity index (χ1) is 8.96. The molecule has 1 fully saturated rings. The van der Waals surface area contributed by atoms with E-state index in [-0.39, 0.29) is 22.5 Å². The molecular formula is C11H12BrClFNO3S. The van der Waals surface area contributed by atoms with Gasteiger partial charge in [-0.1, -0.05) is 27.5 Å². The zero-order valence-electron chi connectivity index (χ0n) is 9.85. The molecule has 1 unspecified atom stereocenters. The molecule has 4 nitrogen and oxygen atoms in total. The largest absolute Gasteiger partial charge is 0.378 e. The summed E-state index contributed by atoms with van der Waals surface area (Å²) in [6.45, 7) is 0.846. The minimum atomic E-state index is -3.83. The number of hydrogen-bond donors (Lipinski definition) is 0. The second kappa shape index (κ2) is 6.05. The van der Waals surface area contributed by atoms with Crippen LogP contribution in [0.1, 0.15) is 0 Å². The van der Waals surface area contributed by atoms with E-state index in [9.17, 15) is 12.8 Å². The van der Waals surface area contributed by atoms with Crippen LogP contribution < -0.4 is 0 Å². The third-order valence-corrected chi connectivity index (χ3v) is 6.01. The van der Waals surface area contributed by atoms with Gasteiger partial charge in [-0.3, -0.25) is 0 Å². The zero-order valence-corrected chi connectivity index (χ0v) is 13.0. The second-order valence-electron chi connectivity index (χ2n) is 4.07. The van der Waals surface area contributed by atoms with E-state index in [2.05, 4.69) is 15.9 Å². The Kier molecular flexibility index (Phi) is 4.84. The number of nitrogens with zero attached hydrogens (tertiary/aromatic N) is 1. The van der Waals surface area contributed by atoms with Crippen molar-refractivity contribution < 1.29 is 17.5 Å². The van der Waals surface area contributed by atoms with Crippen LogP contribution in [0.15, 0.2) is 23.1 Å². The van der Waals surface area contributed by atoms with Crippen molar-refractivity contribution in [3.8, 4) is 0 Å². The van der Waals surface area contributed by atoms with Crippen LogP contribution >= 0.6 is 27.5 Å². The highest BCUT2D eigenvalue weighted by molar-refractivity contribution is 9.09. The quantitative estimate of drug-likeness (QED) is 0.765. The van der Waals surface area contributed by atoms with Crippen LogP contribution in [0.25, 0.3) is 0 Å². The Hall–Kier alpha value is -0.210. The van der Waals surface area contributed by atoms with Crippen molar-refractivity contribution in [2.45, 2.75) is 10.9 Å². The molecule has 0 aromatic heterocycles. The summed E-state index contributed by atoms with van der Waals surface area (Å²) in [5.41, 5.74) is 0. The Morgan fingerprint density at radius 1 is 1.53 bits per heavy atom. The van der Waals surface area contributed by atoms with Gasteiger partial charge in [0.1, 0.15) is 10.7 Å². The maximum absolute atomic E-state index is 13.2. The molecule has 0 saturated carbocycles. The molecule has 0 radical (unpaired) electrons. The monoisotopic (exact) mass is 371 g/mol. The minimum absolute atomic E-state index is 0.0150. The Morgan fingerprint density at radius 2 is 2.26 bits per heavy atom. The van der Waals surface area contributed by atoms with Crippen molar-refractivity contribution in [3.05, 3.63) is 29.0 Å². The first-order valence-electron chi connectivity index (χ1n) is 5.57. The van der Waals surface area contributed by atoms with E-state index < -0.39 is 15.8 Å². The Balaban J connectivity index is 2.43. The molecule has 1 atom stereocenters. The summed E-state index contributed by atoms with van der Waals surface area (Å²) < 4.78 is 44.8. The molecule has 1 saturated heterocycles. The van der Waals surface area contributed by atoms with E-state index in [0.717, 1.165) is 12.1 Å². The van der Waals surface area contributed by atoms with Gasteiger partial charge >= 0.3 is 0 Å². The van der Waals surface area contributed by atoms with Crippen LogP contribution in [0, 0.1) is 5.82 Å². The summed E-state index contributed by atoms with van der Waals surface area (Å²) in [4.78, 5) is -0.206. The van der Waals surface area contributed by atoms with Crippen molar-refractivity contribution in [3.63, 3.8) is 0 Å². The maximum atomic E-state index is 13.2. The number of halogens is 3. The SMILES string of the molecule is O=S(=O)(c1cc(F)ccc1Cl)N1CCOCC1CBr. The van der Waals surface area contributed by atoms with Crippen LogP contribution in [0.3, 0.4) is 0 Å². The predicted molar refractivity (Wildman–Crippen MR) is 73.7 cm³/mol. The van der Waals surface area contributed by atoms with Crippen molar-refractivity contribution in [1.29, 1.82) is 0 Å². The lowest BCUT2D eigenvalue weighted by Gasteiger charge is -2.33. The molecule has 19 heavy (non-hydrogen) atoms. The van der Waals surface area contributed by atoms with Crippen LogP contribution in [-0.4, -0.2) is 43.9 Å². The zero-order chi connectivity index (χ0) is 14.0. The molecule has 1 aliphatic heterocycles. The van der Waals surface area contributed by atoms with Crippen LogP contribution in [0.2, 0.25) is 5.02 Å². The van der Waals surface area contributed by atoms with E-state index in [4.69, 9.17) is 16.3 Å². The molecular weight excluding hydrogens is 361 g/mol. The first kappa shape index (κ1) is 15.2. The Labute approximate surface area is 124 Å². The van der Waals surface area contributed by atoms with Crippen molar-refractivity contribution in [2.75, 3.05) is 25.1 Å². The van der Waals surface area contributed by atoms with Gasteiger partial charge in [-0.05, 0) is 18.2 Å². The highest BCUT2D eigenvalue weighted by Gasteiger charge is 2.34. The summed E-state index contributed by atoms with van der Waals surface area (Å²) in [5.74, 6) is -0.633. The fourth-order valence-corrected chi connectivity index (χ4v) is 4.69. The molecule has 1 aromatic rings. The third kappa shape index (κ3) is 3.11. The highest BCUT2D eigenvalue weighted by atomic mass is 79.9. The van der Waals surface area contributed by atoms with Gasteiger partial charge < -0.3 is 4.74 Å². The van der Waals surface area contributed by atoms with Gasteiger partial charge in [-0.15, -0.1) is 0 Å². The summed E-state index contributed by atoms with van der Waals surface area (Å²) in [5, 5.41) is 0.459. The lowest BCUT2D eigenvalue weighted by Crippen LogP contribution is -2.49. The topological polar surface area (TPSA) is 46.6 Å². The normalized spacial score (nSPS) is 21.5. The smallest absolute Gasteiger partial charge is 0.245 e. The molecule has 0 bridgehead atoms. The van der Waals surface area contributed by atoms with Gasteiger partial charge in [0, 0.05) is 11.9 Å². The van der Waals surface area contributed by atoms with E-state index in [1.54, 1.807) is 0 Å². The van der Waals surface area contributed by atoms with Gasteiger partial charge in [0.25, 0.3) is 0 Å². The first-order valence-corrected chi connectivity index (χ1v) is 8.51. The molecule has 1 heterocycles. The molecule has 0 N–H and O–H groups in total. The number of rotatable bonds is 3. The van der Waals surface area contributed by atoms with E-state index in [1.807, 2.05) is 0 Å². The van der Waals surface area contributed by atoms with Crippen LogP contribution in [-0.2, 0) is 14.8 Å². The molecule has 1 aliphatic rings. The number of alkyl halides is 1.